The number of aryl methyl sites for hydroxylation is 1. The summed E-state index contributed by atoms with van der Waals surface area (Å²) >= 11 is 5.89. The van der Waals surface area contributed by atoms with E-state index >= 15 is 0 Å². The van der Waals surface area contributed by atoms with Gasteiger partial charge < -0.3 is 15.2 Å². The van der Waals surface area contributed by atoms with Gasteiger partial charge in [0, 0.05) is 22.3 Å². The first-order valence-electron chi connectivity index (χ1n) is 6.24. The van der Waals surface area contributed by atoms with Gasteiger partial charge in [0.05, 0.1) is 0 Å². The third-order valence-electron chi connectivity index (χ3n) is 3.15. The van der Waals surface area contributed by atoms with Crippen molar-refractivity contribution in [2.45, 2.75) is 25.7 Å². The maximum absolute atomic E-state index is 11.3. The first-order valence-corrected chi connectivity index (χ1v) is 6.62. The Bertz CT molecular complexity index is 662. The standard InChI is InChI=1S/C14H14ClNO4/c15-8-5-6-9-10(3-1-2-4-12(17)18)13(14(19)20)16-11(9)7-8/h5-7,16H,1-4H2,(H,17,18)(H,19,20). The minimum absolute atomic E-state index is 0.0938. The SMILES string of the molecule is O=C(O)CCCCc1c(C(=O)O)[nH]c2cc(Cl)ccc12. The highest BCUT2D eigenvalue weighted by Gasteiger charge is 2.16. The Kier molecular flexibility index (Phi) is 4.29. The third kappa shape index (κ3) is 3.11. The maximum Gasteiger partial charge on any atom is 0.352 e. The van der Waals surface area contributed by atoms with E-state index in [0.29, 0.717) is 35.4 Å². The van der Waals surface area contributed by atoms with Gasteiger partial charge in [0.1, 0.15) is 5.69 Å². The highest BCUT2D eigenvalue weighted by molar-refractivity contribution is 6.31. The van der Waals surface area contributed by atoms with Crippen molar-refractivity contribution in [3.63, 3.8) is 0 Å². The molecule has 0 amide bonds. The number of carboxylic acids is 2. The molecule has 0 radical (unpaired) electrons. The smallest absolute Gasteiger partial charge is 0.352 e. The quantitative estimate of drug-likeness (QED) is 0.713. The van der Waals surface area contributed by atoms with Gasteiger partial charge in [-0.15, -0.1) is 0 Å². The van der Waals surface area contributed by atoms with Crippen LogP contribution in [0.5, 0.6) is 0 Å². The van der Waals surface area contributed by atoms with Gasteiger partial charge in [0.25, 0.3) is 0 Å². The summed E-state index contributed by atoms with van der Waals surface area (Å²) in [5, 5.41) is 19.2. The Balaban J connectivity index is 2.27. The molecular formula is C14H14ClNO4. The lowest BCUT2D eigenvalue weighted by atomic mass is 10.0. The molecule has 2 aromatic rings. The molecule has 0 aliphatic heterocycles. The molecule has 20 heavy (non-hydrogen) atoms. The molecule has 0 unspecified atom stereocenters. The molecule has 0 aliphatic rings. The fourth-order valence-corrected chi connectivity index (χ4v) is 2.42. The van der Waals surface area contributed by atoms with Crippen LogP contribution in [-0.2, 0) is 11.2 Å². The maximum atomic E-state index is 11.3. The lowest BCUT2D eigenvalue weighted by molar-refractivity contribution is -0.137. The average molecular weight is 296 g/mol. The van der Waals surface area contributed by atoms with Crippen LogP contribution < -0.4 is 0 Å². The molecule has 2 rings (SSSR count). The monoisotopic (exact) mass is 295 g/mol. The normalized spacial score (nSPS) is 10.8. The predicted octanol–water partition coefficient (Wildman–Crippen LogP) is 3.32. The number of aromatic carboxylic acids is 1. The van der Waals surface area contributed by atoms with E-state index in [1.165, 1.54) is 0 Å². The van der Waals surface area contributed by atoms with E-state index in [1.54, 1.807) is 18.2 Å². The van der Waals surface area contributed by atoms with Crippen molar-refractivity contribution in [3.8, 4) is 0 Å². The van der Waals surface area contributed by atoms with Crippen molar-refractivity contribution in [2.24, 2.45) is 0 Å². The van der Waals surface area contributed by atoms with Gasteiger partial charge in [0.2, 0.25) is 0 Å². The fourth-order valence-electron chi connectivity index (χ4n) is 2.25. The summed E-state index contributed by atoms with van der Waals surface area (Å²) < 4.78 is 0. The summed E-state index contributed by atoms with van der Waals surface area (Å²) in [6, 6.07) is 5.18. The topological polar surface area (TPSA) is 90.4 Å². The van der Waals surface area contributed by atoms with Crippen LogP contribution in [0.25, 0.3) is 10.9 Å². The second-order valence-corrected chi connectivity index (χ2v) is 5.01. The molecule has 1 aromatic carbocycles. The molecule has 0 bridgehead atoms. The number of aromatic amines is 1. The van der Waals surface area contributed by atoms with Gasteiger partial charge in [-0.25, -0.2) is 4.79 Å². The molecule has 1 heterocycles. The van der Waals surface area contributed by atoms with E-state index in [1.807, 2.05) is 0 Å². The van der Waals surface area contributed by atoms with E-state index < -0.39 is 11.9 Å². The van der Waals surface area contributed by atoms with Crippen LogP contribution in [0, 0.1) is 0 Å². The number of hydrogen-bond acceptors (Lipinski definition) is 2. The second kappa shape index (κ2) is 5.96. The Morgan fingerprint density at radius 2 is 1.95 bits per heavy atom. The van der Waals surface area contributed by atoms with Crippen LogP contribution in [0.15, 0.2) is 18.2 Å². The number of nitrogens with one attached hydrogen (secondary N) is 1. The fraction of sp³-hybridized carbons (Fsp3) is 0.286. The van der Waals surface area contributed by atoms with Crippen molar-refractivity contribution in [2.75, 3.05) is 0 Å². The number of carbonyl (C=O) groups is 2. The predicted molar refractivity (Wildman–Crippen MR) is 75.5 cm³/mol. The van der Waals surface area contributed by atoms with Crippen molar-refractivity contribution >= 4 is 34.4 Å². The van der Waals surface area contributed by atoms with Crippen molar-refractivity contribution in [1.82, 2.24) is 4.98 Å². The van der Waals surface area contributed by atoms with Crippen LogP contribution in [0.3, 0.4) is 0 Å². The molecule has 3 N–H and O–H groups in total. The molecule has 0 saturated heterocycles. The lowest BCUT2D eigenvalue weighted by Gasteiger charge is -2.01. The highest BCUT2D eigenvalue weighted by Crippen LogP contribution is 2.27. The number of rotatable bonds is 6. The van der Waals surface area contributed by atoms with Crippen LogP contribution in [0.1, 0.15) is 35.3 Å². The van der Waals surface area contributed by atoms with Crippen molar-refractivity contribution < 1.29 is 19.8 Å². The zero-order valence-corrected chi connectivity index (χ0v) is 11.4. The Morgan fingerprint density at radius 3 is 2.60 bits per heavy atom. The number of hydrogen-bond donors (Lipinski definition) is 3. The third-order valence-corrected chi connectivity index (χ3v) is 3.38. The molecule has 6 heteroatoms. The van der Waals surface area contributed by atoms with Gasteiger partial charge in [0.15, 0.2) is 0 Å². The number of aliphatic carboxylic acids is 1. The van der Waals surface area contributed by atoms with Crippen molar-refractivity contribution in [3.05, 3.63) is 34.5 Å². The number of H-pyrrole nitrogens is 1. The molecule has 0 saturated carbocycles. The summed E-state index contributed by atoms with van der Waals surface area (Å²) in [5.74, 6) is -1.86. The van der Waals surface area contributed by atoms with Crippen LogP contribution in [0.2, 0.25) is 5.02 Å². The van der Waals surface area contributed by atoms with Gasteiger partial charge in [-0.2, -0.15) is 0 Å². The molecule has 0 atom stereocenters. The van der Waals surface area contributed by atoms with Gasteiger partial charge in [-0.3, -0.25) is 4.79 Å². The largest absolute Gasteiger partial charge is 0.481 e. The Morgan fingerprint density at radius 1 is 1.20 bits per heavy atom. The van der Waals surface area contributed by atoms with E-state index in [9.17, 15) is 14.7 Å². The number of carboxylic acid groups (broad SMARTS) is 2. The number of halogens is 1. The summed E-state index contributed by atoms with van der Waals surface area (Å²) in [5.41, 5.74) is 1.54. The Labute approximate surface area is 120 Å². The van der Waals surface area contributed by atoms with Crippen molar-refractivity contribution in [1.29, 1.82) is 0 Å². The molecular weight excluding hydrogens is 282 g/mol. The first kappa shape index (κ1) is 14.4. The summed E-state index contributed by atoms with van der Waals surface area (Å²) in [6.07, 6.45) is 1.77. The summed E-state index contributed by atoms with van der Waals surface area (Å²) in [6.45, 7) is 0. The zero-order chi connectivity index (χ0) is 14.7. The van der Waals surface area contributed by atoms with E-state index in [0.717, 1.165) is 5.39 Å². The number of fused-ring (bicyclic) bond motifs is 1. The van der Waals surface area contributed by atoms with E-state index in [4.69, 9.17) is 16.7 Å². The molecule has 1 aromatic heterocycles. The van der Waals surface area contributed by atoms with Crippen LogP contribution in [0.4, 0.5) is 0 Å². The molecule has 0 spiro atoms. The first-order chi connectivity index (χ1) is 9.49. The average Bonchev–Trinajstić information content (AvgIpc) is 2.72. The van der Waals surface area contributed by atoms with E-state index in [2.05, 4.69) is 4.98 Å². The second-order valence-electron chi connectivity index (χ2n) is 4.57. The van der Waals surface area contributed by atoms with Gasteiger partial charge >= 0.3 is 11.9 Å². The minimum atomic E-state index is -1.02. The minimum Gasteiger partial charge on any atom is -0.481 e. The number of aromatic nitrogens is 1. The lowest BCUT2D eigenvalue weighted by Crippen LogP contribution is -2.02. The van der Waals surface area contributed by atoms with Gasteiger partial charge in [-0.05, 0) is 37.0 Å². The van der Waals surface area contributed by atoms with E-state index in [-0.39, 0.29) is 12.1 Å². The molecule has 0 fully saturated rings. The summed E-state index contributed by atoms with van der Waals surface area (Å²) in [4.78, 5) is 24.6. The summed E-state index contributed by atoms with van der Waals surface area (Å²) in [7, 11) is 0. The van der Waals surface area contributed by atoms with Gasteiger partial charge in [-0.1, -0.05) is 17.7 Å². The van der Waals surface area contributed by atoms with Crippen LogP contribution >= 0.6 is 11.6 Å². The van der Waals surface area contributed by atoms with Crippen LogP contribution in [-0.4, -0.2) is 27.1 Å². The molecule has 0 aliphatic carbocycles. The molecule has 106 valence electrons. The Hall–Kier alpha value is -2.01. The molecule has 5 nitrogen and oxygen atoms in total. The number of unbranched alkanes of at least 4 members (excludes halogenated alkanes) is 1. The number of benzene rings is 1. The zero-order valence-electron chi connectivity index (χ0n) is 10.6. The highest BCUT2D eigenvalue weighted by atomic mass is 35.5.